The van der Waals surface area contributed by atoms with Gasteiger partial charge in [0.25, 0.3) is 0 Å². The van der Waals surface area contributed by atoms with Crippen LogP contribution < -0.4 is 26.2 Å². The second-order valence-electron chi connectivity index (χ2n) is 8.40. The van der Waals surface area contributed by atoms with E-state index in [1.54, 1.807) is 0 Å². The number of fused-ring (bicyclic) bond motifs is 1. The van der Waals surface area contributed by atoms with Gasteiger partial charge in [0, 0.05) is 50.5 Å². The maximum absolute atomic E-state index is 5.08. The van der Waals surface area contributed by atoms with Crippen molar-refractivity contribution in [2.75, 3.05) is 54.9 Å². The number of hydrogen-bond donors (Lipinski definition) is 4. The Balaban J connectivity index is 1.54. The zero-order valence-corrected chi connectivity index (χ0v) is 18.6. The van der Waals surface area contributed by atoms with Gasteiger partial charge in [-0.25, -0.2) is 4.98 Å². The molecule has 8 heteroatoms. The first-order valence-corrected chi connectivity index (χ1v) is 12.8. The minimum absolute atomic E-state index is 0.277. The molecule has 7 nitrogen and oxygen atoms in total. The fourth-order valence-corrected chi connectivity index (χ4v) is 5.00. The number of nitrogens with one attached hydrogen (secondary N) is 4. The Morgan fingerprint density at radius 2 is 1.97 bits per heavy atom. The summed E-state index contributed by atoms with van der Waals surface area (Å²) in [5.41, 5.74) is 2.55. The average molecular weight is 420 g/mol. The Labute approximate surface area is 179 Å². The van der Waals surface area contributed by atoms with Gasteiger partial charge in [-0.05, 0) is 38.5 Å². The van der Waals surface area contributed by atoms with Crippen LogP contribution in [0.1, 0.15) is 49.8 Å². The summed E-state index contributed by atoms with van der Waals surface area (Å²) >= 11 is 1.88. The third-order valence-corrected chi connectivity index (χ3v) is 6.87. The second kappa shape index (κ2) is 10.8. The smallest absolute Gasteiger partial charge is 0.225 e. The Morgan fingerprint density at radius 3 is 2.79 bits per heavy atom. The molecule has 2 saturated heterocycles. The maximum atomic E-state index is 5.08. The Morgan fingerprint density at radius 1 is 1.10 bits per heavy atom. The molecule has 1 aromatic heterocycles. The molecule has 0 aromatic carbocycles. The molecule has 0 bridgehead atoms. The van der Waals surface area contributed by atoms with E-state index in [4.69, 9.17) is 9.97 Å². The number of aromatic nitrogens is 2. The Kier molecular flexibility index (Phi) is 7.87. The highest BCUT2D eigenvalue weighted by Gasteiger charge is 2.27. The minimum Gasteiger partial charge on any atom is -0.356 e. The van der Waals surface area contributed by atoms with Gasteiger partial charge in [0.05, 0.1) is 17.9 Å². The fourth-order valence-electron chi connectivity index (χ4n) is 4.67. The van der Waals surface area contributed by atoms with Crippen molar-refractivity contribution < 1.29 is 0 Å². The van der Waals surface area contributed by atoms with Crippen molar-refractivity contribution in [1.82, 2.24) is 25.9 Å². The zero-order valence-electron chi connectivity index (χ0n) is 17.8. The molecule has 3 aliphatic rings. The van der Waals surface area contributed by atoms with E-state index in [-0.39, 0.29) is 6.17 Å². The van der Waals surface area contributed by atoms with Crippen LogP contribution in [0.4, 0.5) is 11.8 Å². The number of rotatable bonds is 7. The van der Waals surface area contributed by atoms with E-state index in [2.05, 4.69) is 32.4 Å². The molecular weight excluding hydrogens is 382 g/mol. The van der Waals surface area contributed by atoms with Crippen molar-refractivity contribution in [3.8, 4) is 0 Å². The van der Waals surface area contributed by atoms with Crippen LogP contribution in [0, 0.1) is 0 Å². The van der Waals surface area contributed by atoms with E-state index in [0.717, 1.165) is 63.8 Å². The third kappa shape index (κ3) is 5.54. The molecule has 2 fully saturated rings. The van der Waals surface area contributed by atoms with Crippen LogP contribution in [0.5, 0.6) is 0 Å². The van der Waals surface area contributed by atoms with Gasteiger partial charge in [0.15, 0.2) is 0 Å². The van der Waals surface area contributed by atoms with E-state index in [0.29, 0.717) is 6.04 Å². The van der Waals surface area contributed by atoms with E-state index < -0.39 is 0 Å². The zero-order chi connectivity index (χ0) is 19.9. The van der Waals surface area contributed by atoms with Gasteiger partial charge < -0.3 is 20.9 Å². The largest absolute Gasteiger partial charge is 0.356 e. The van der Waals surface area contributed by atoms with E-state index in [1.807, 2.05) is 11.8 Å². The van der Waals surface area contributed by atoms with Crippen LogP contribution in [0.25, 0.3) is 0 Å². The molecule has 0 aliphatic carbocycles. The predicted molar refractivity (Wildman–Crippen MR) is 123 cm³/mol. The molecule has 2 atom stereocenters. The summed E-state index contributed by atoms with van der Waals surface area (Å²) in [6.07, 6.45) is 11.0. The summed E-state index contributed by atoms with van der Waals surface area (Å²) < 4.78 is 0. The van der Waals surface area contributed by atoms with E-state index in [9.17, 15) is 0 Å². The number of hydrogen-bond acceptors (Lipinski definition) is 8. The lowest BCUT2D eigenvalue weighted by Crippen LogP contribution is -2.57. The summed E-state index contributed by atoms with van der Waals surface area (Å²) in [4.78, 5) is 12.6. The van der Waals surface area contributed by atoms with E-state index in [1.165, 1.54) is 49.2 Å². The molecule has 3 aliphatic heterocycles. The van der Waals surface area contributed by atoms with Crippen molar-refractivity contribution in [2.45, 2.75) is 63.7 Å². The molecular formula is C21H37N7S. The molecule has 4 rings (SSSR count). The molecule has 1 aromatic rings. The quantitative estimate of drug-likeness (QED) is 0.500. The summed E-state index contributed by atoms with van der Waals surface area (Å²) in [5, 5.41) is 14.5. The monoisotopic (exact) mass is 419 g/mol. The van der Waals surface area contributed by atoms with Crippen LogP contribution in [-0.4, -0.2) is 66.9 Å². The van der Waals surface area contributed by atoms with Gasteiger partial charge in [-0.2, -0.15) is 16.7 Å². The number of nitrogens with zero attached hydrogens (tertiary/aromatic N) is 3. The molecule has 162 valence electrons. The summed E-state index contributed by atoms with van der Waals surface area (Å²) in [6.45, 7) is 6.23. The maximum Gasteiger partial charge on any atom is 0.225 e. The highest BCUT2D eigenvalue weighted by atomic mass is 32.2. The first kappa shape index (κ1) is 21.2. The highest BCUT2D eigenvalue weighted by Crippen LogP contribution is 2.28. The third-order valence-electron chi connectivity index (χ3n) is 6.26. The van der Waals surface area contributed by atoms with Crippen LogP contribution >= 0.6 is 11.8 Å². The first-order chi connectivity index (χ1) is 14.3. The molecule has 0 spiro atoms. The van der Waals surface area contributed by atoms with Crippen LogP contribution in [0.15, 0.2) is 0 Å². The molecule has 2 unspecified atom stereocenters. The number of anilines is 2. The fraction of sp³-hybridized carbons (Fsp3) is 0.810. The molecule has 4 N–H and O–H groups in total. The van der Waals surface area contributed by atoms with Gasteiger partial charge in [-0.3, -0.25) is 5.32 Å². The second-order valence-corrected chi connectivity index (χ2v) is 9.38. The van der Waals surface area contributed by atoms with Gasteiger partial charge in [0.1, 0.15) is 5.82 Å². The van der Waals surface area contributed by atoms with Crippen molar-refractivity contribution in [2.24, 2.45) is 0 Å². The van der Waals surface area contributed by atoms with Crippen molar-refractivity contribution in [3.05, 3.63) is 11.3 Å². The van der Waals surface area contributed by atoms with Gasteiger partial charge >= 0.3 is 0 Å². The summed E-state index contributed by atoms with van der Waals surface area (Å²) in [5.74, 6) is 3.12. The molecule has 0 radical (unpaired) electrons. The normalized spacial score (nSPS) is 25.3. The topological polar surface area (TPSA) is 77.1 Å². The molecule has 29 heavy (non-hydrogen) atoms. The average Bonchev–Trinajstić information content (AvgIpc) is 3.04. The van der Waals surface area contributed by atoms with Crippen molar-refractivity contribution in [1.29, 1.82) is 0 Å². The van der Waals surface area contributed by atoms with Gasteiger partial charge in [-0.1, -0.05) is 12.8 Å². The van der Waals surface area contributed by atoms with Crippen LogP contribution in [-0.2, 0) is 13.0 Å². The highest BCUT2D eigenvalue weighted by molar-refractivity contribution is 7.98. The lowest BCUT2D eigenvalue weighted by Gasteiger charge is -2.34. The lowest BCUT2D eigenvalue weighted by atomic mass is 10.0. The standard InChI is InChI=1S/C21H37N7S/c1-29-14-11-24-19-18(7-6-9-23-19)26-21-25-17-8-10-22-15-16(17)20(27-21)28-12-4-2-3-5-13-28/h18-19,22-24H,2-15H2,1H3,(H,25,26,27). The van der Waals surface area contributed by atoms with Crippen molar-refractivity contribution in [3.63, 3.8) is 0 Å². The summed E-state index contributed by atoms with van der Waals surface area (Å²) in [7, 11) is 0. The Hall–Kier alpha value is -1.09. The lowest BCUT2D eigenvalue weighted by molar-refractivity contribution is 0.321. The minimum atomic E-state index is 0.277. The van der Waals surface area contributed by atoms with E-state index >= 15 is 0 Å². The predicted octanol–water partition coefficient (Wildman–Crippen LogP) is 1.95. The Bertz CT molecular complexity index is 648. The molecule has 0 amide bonds. The van der Waals surface area contributed by atoms with Crippen LogP contribution in [0.3, 0.4) is 0 Å². The van der Waals surface area contributed by atoms with Crippen LogP contribution in [0.2, 0.25) is 0 Å². The number of thioether (sulfide) groups is 1. The van der Waals surface area contributed by atoms with Crippen molar-refractivity contribution >= 4 is 23.5 Å². The van der Waals surface area contributed by atoms with Gasteiger partial charge in [-0.15, -0.1) is 0 Å². The molecule has 4 heterocycles. The number of piperidine rings is 1. The molecule has 0 saturated carbocycles. The SMILES string of the molecule is CSCCNC1NCCCC1Nc1nc2c(c(N3CCCCCC3)n1)CNCC2. The summed E-state index contributed by atoms with van der Waals surface area (Å²) in [6, 6.07) is 0.322. The first-order valence-electron chi connectivity index (χ1n) is 11.4. The van der Waals surface area contributed by atoms with Gasteiger partial charge in [0.2, 0.25) is 5.95 Å².